The molecule has 0 aromatic carbocycles. The molecule has 0 aliphatic heterocycles. The molecule has 1 heterocycles. The molecule has 0 saturated carbocycles. The number of carbonyl (C=O) groups is 1. The number of aromatic nitrogens is 1. The second-order valence-electron chi connectivity index (χ2n) is 3.48. The molecule has 0 amide bonds. The minimum absolute atomic E-state index is 0. The molecule has 0 aliphatic rings. The molecule has 0 unspecified atom stereocenters. The molecule has 1 aromatic rings. The average molecular weight is 297 g/mol. The summed E-state index contributed by atoms with van der Waals surface area (Å²) in [5.74, 6) is -1.72. The first-order valence-corrected chi connectivity index (χ1v) is 6.75. The first-order chi connectivity index (χ1) is 8.40. The van der Waals surface area contributed by atoms with Gasteiger partial charge in [-0.2, -0.15) is 8.42 Å². The Labute approximate surface area is 133 Å². The number of unbranched alkanes of at least 4 members (excludes halogenated alkanes) is 1. The Bertz CT molecular complexity index is 519. The number of carboxylic acid groups (broad SMARTS) is 1. The Kier molecular flexibility index (Phi) is 8.19. The van der Waals surface area contributed by atoms with Crippen LogP contribution in [0.3, 0.4) is 0 Å². The molecule has 7 nitrogen and oxygen atoms in total. The van der Waals surface area contributed by atoms with E-state index in [1.807, 2.05) is 0 Å². The van der Waals surface area contributed by atoms with Crippen LogP contribution in [-0.4, -0.2) is 36.3 Å². The summed E-state index contributed by atoms with van der Waals surface area (Å²) in [7, 11) is -3.96. The molecule has 9 heteroatoms. The average Bonchev–Trinajstić information content (AvgIpc) is 2.27. The minimum atomic E-state index is -3.96. The predicted octanol–water partition coefficient (Wildman–Crippen LogP) is -3.50. The van der Waals surface area contributed by atoms with Gasteiger partial charge in [-0.25, -0.2) is 0 Å². The van der Waals surface area contributed by atoms with Crippen molar-refractivity contribution in [3.63, 3.8) is 0 Å². The van der Waals surface area contributed by atoms with Gasteiger partial charge in [0.05, 0.1) is 18.3 Å². The molecule has 0 radical (unpaired) electrons. The predicted molar refractivity (Wildman–Crippen MR) is 59.7 cm³/mol. The van der Waals surface area contributed by atoms with Gasteiger partial charge in [0, 0.05) is 6.20 Å². The van der Waals surface area contributed by atoms with Crippen molar-refractivity contribution in [1.82, 2.24) is 4.98 Å². The standard InChI is InChI=1S/C10H13NO6S.Na/c12-10(13)9-8(4-3-5-11-9)17-6-1-2-7-18(14,15)16;/h3-5H,1-2,6-7H2,(H,12,13)(H,14,15,16);/q;+1/p-1. The summed E-state index contributed by atoms with van der Waals surface area (Å²) in [5, 5.41) is 10.7. The van der Waals surface area contributed by atoms with Crippen LogP contribution in [0.1, 0.15) is 23.3 Å². The zero-order valence-corrected chi connectivity index (χ0v) is 13.2. The summed E-state index contributed by atoms with van der Waals surface area (Å²) < 4.78 is 34.5. The van der Waals surface area contributed by atoms with Crippen LogP contribution in [0.25, 0.3) is 0 Å². The van der Waals surface area contributed by atoms with E-state index in [2.05, 4.69) is 4.98 Å². The molecule has 0 bridgehead atoms. The van der Waals surface area contributed by atoms with E-state index < -0.39 is 16.1 Å². The van der Waals surface area contributed by atoms with Crippen molar-refractivity contribution in [2.24, 2.45) is 0 Å². The van der Waals surface area contributed by atoms with Crippen molar-refractivity contribution in [1.29, 1.82) is 0 Å². The summed E-state index contributed by atoms with van der Waals surface area (Å²) >= 11 is 0. The number of carbonyl (C=O) groups excluding carboxylic acids is 1. The van der Waals surface area contributed by atoms with Crippen molar-refractivity contribution in [3.8, 4) is 5.75 Å². The number of carboxylic acids is 1. The molecule has 0 atom stereocenters. The van der Waals surface area contributed by atoms with Crippen LogP contribution in [0.2, 0.25) is 0 Å². The Morgan fingerprint density at radius 1 is 1.42 bits per heavy atom. The van der Waals surface area contributed by atoms with Gasteiger partial charge in [-0.15, -0.1) is 0 Å². The Morgan fingerprint density at radius 3 is 2.68 bits per heavy atom. The number of nitrogens with zero attached hydrogens (tertiary/aromatic N) is 1. The summed E-state index contributed by atoms with van der Waals surface area (Å²) in [6.45, 7) is 0.126. The van der Waals surface area contributed by atoms with Gasteiger partial charge in [0.25, 0.3) is 10.1 Å². The quantitative estimate of drug-likeness (QED) is 0.315. The summed E-state index contributed by atoms with van der Waals surface area (Å²) in [6, 6.07) is 2.95. The van der Waals surface area contributed by atoms with Crippen LogP contribution in [0.15, 0.2) is 18.3 Å². The minimum Gasteiger partial charge on any atom is -0.543 e. The second kappa shape index (κ2) is 8.49. The van der Waals surface area contributed by atoms with Gasteiger partial charge in [-0.1, -0.05) is 0 Å². The van der Waals surface area contributed by atoms with Crippen molar-refractivity contribution in [2.45, 2.75) is 12.8 Å². The molecule has 100 valence electrons. The van der Waals surface area contributed by atoms with E-state index in [1.165, 1.54) is 18.3 Å². The van der Waals surface area contributed by atoms with E-state index in [0.29, 0.717) is 6.42 Å². The van der Waals surface area contributed by atoms with Gasteiger partial charge >= 0.3 is 29.6 Å². The van der Waals surface area contributed by atoms with E-state index in [-0.39, 0.29) is 59.8 Å². The number of hydrogen-bond donors (Lipinski definition) is 1. The van der Waals surface area contributed by atoms with Gasteiger partial charge < -0.3 is 14.6 Å². The third-order valence-corrected chi connectivity index (χ3v) is 2.82. The summed E-state index contributed by atoms with van der Waals surface area (Å²) in [4.78, 5) is 14.3. The van der Waals surface area contributed by atoms with Crippen LogP contribution < -0.4 is 39.4 Å². The number of hydrogen-bond acceptors (Lipinski definition) is 6. The molecule has 0 saturated heterocycles. The third-order valence-electron chi connectivity index (χ3n) is 2.02. The SMILES string of the molecule is O=C([O-])c1ncccc1OCCCCS(=O)(=O)O.[Na+]. The van der Waals surface area contributed by atoms with Gasteiger partial charge in [0.1, 0.15) is 11.4 Å². The number of aromatic carboxylic acids is 1. The summed E-state index contributed by atoms with van der Waals surface area (Å²) in [6.07, 6.45) is 1.89. The first kappa shape index (κ1) is 18.3. The molecular formula is C10H12NNaO6S. The molecule has 19 heavy (non-hydrogen) atoms. The fourth-order valence-electron chi connectivity index (χ4n) is 1.23. The van der Waals surface area contributed by atoms with E-state index in [4.69, 9.17) is 9.29 Å². The third kappa shape index (κ3) is 7.48. The van der Waals surface area contributed by atoms with Crippen molar-refractivity contribution >= 4 is 16.1 Å². The summed E-state index contributed by atoms with van der Waals surface area (Å²) in [5.41, 5.74) is -0.299. The monoisotopic (exact) mass is 297 g/mol. The number of ether oxygens (including phenoxy) is 1. The molecular weight excluding hydrogens is 285 g/mol. The molecule has 1 rings (SSSR count). The normalized spacial score (nSPS) is 10.6. The van der Waals surface area contributed by atoms with Crippen LogP contribution in [0.4, 0.5) is 0 Å². The maximum atomic E-state index is 10.7. The van der Waals surface area contributed by atoms with Crippen LogP contribution in [0, 0.1) is 0 Å². The first-order valence-electron chi connectivity index (χ1n) is 5.14. The molecule has 0 fully saturated rings. The van der Waals surface area contributed by atoms with Crippen molar-refractivity contribution < 1.29 is 57.2 Å². The van der Waals surface area contributed by atoms with E-state index in [1.54, 1.807) is 0 Å². The molecule has 0 spiro atoms. The largest absolute Gasteiger partial charge is 1.00 e. The zero-order chi connectivity index (χ0) is 13.6. The Morgan fingerprint density at radius 2 is 2.11 bits per heavy atom. The van der Waals surface area contributed by atoms with Crippen molar-refractivity contribution in [3.05, 3.63) is 24.0 Å². The number of pyridine rings is 1. The topological polar surface area (TPSA) is 117 Å². The molecule has 0 aliphatic carbocycles. The molecule has 1 N–H and O–H groups in total. The maximum Gasteiger partial charge on any atom is 1.00 e. The smallest absolute Gasteiger partial charge is 0.543 e. The van der Waals surface area contributed by atoms with Crippen LogP contribution in [-0.2, 0) is 10.1 Å². The van der Waals surface area contributed by atoms with Gasteiger partial charge in [-0.3, -0.25) is 9.54 Å². The van der Waals surface area contributed by atoms with E-state index in [0.717, 1.165) is 0 Å². The van der Waals surface area contributed by atoms with Crippen LogP contribution in [0.5, 0.6) is 5.75 Å². The molecule has 1 aromatic heterocycles. The van der Waals surface area contributed by atoms with Crippen LogP contribution >= 0.6 is 0 Å². The second-order valence-corrected chi connectivity index (χ2v) is 5.05. The van der Waals surface area contributed by atoms with Gasteiger partial charge in [-0.05, 0) is 25.0 Å². The maximum absolute atomic E-state index is 10.7. The Hall–Kier alpha value is -0.670. The van der Waals surface area contributed by atoms with E-state index >= 15 is 0 Å². The fourth-order valence-corrected chi connectivity index (χ4v) is 1.80. The van der Waals surface area contributed by atoms with E-state index in [9.17, 15) is 18.3 Å². The Balaban J connectivity index is 0.00000324. The zero-order valence-electron chi connectivity index (χ0n) is 10.4. The fraction of sp³-hybridized carbons (Fsp3) is 0.400. The van der Waals surface area contributed by atoms with Crippen molar-refractivity contribution in [2.75, 3.05) is 12.4 Å². The number of rotatable bonds is 7. The van der Waals surface area contributed by atoms with Gasteiger partial charge in [0.15, 0.2) is 0 Å². The van der Waals surface area contributed by atoms with Gasteiger partial charge in [0.2, 0.25) is 0 Å².